The van der Waals surface area contributed by atoms with Crippen LogP contribution in [0.5, 0.6) is 0 Å². The summed E-state index contributed by atoms with van der Waals surface area (Å²) in [6.07, 6.45) is 1.04. The molecule has 1 aromatic carbocycles. The minimum Gasteiger partial charge on any atom is -0.469 e. The van der Waals surface area contributed by atoms with Crippen LogP contribution in [0.2, 0.25) is 0 Å². The van der Waals surface area contributed by atoms with Crippen molar-refractivity contribution in [3.8, 4) is 0 Å². The van der Waals surface area contributed by atoms with E-state index >= 15 is 0 Å². The number of thioether (sulfide) groups is 1. The number of fused-ring (bicyclic) bond motifs is 1. The molecule has 2 aromatic heterocycles. The Morgan fingerprint density at radius 1 is 1.26 bits per heavy atom. The van der Waals surface area contributed by atoms with Crippen molar-refractivity contribution in [3.63, 3.8) is 0 Å². The van der Waals surface area contributed by atoms with Gasteiger partial charge in [-0.15, -0.1) is 0 Å². The molecule has 27 heavy (non-hydrogen) atoms. The van der Waals surface area contributed by atoms with Crippen molar-refractivity contribution in [1.29, 1.82) is 0 Å². The third kappa shape index (κ3) is 4.42. The summed E-state index contributed by atoms with van der Waals surface area (Å²) >= 11 is 1.30. The molecular weight excluding hydrogens is 364 g/mol. The molecule has 0 aliphatic carbocycles. The van der Waals surface area contributed by atoms with Crippen LogP contribution >= 0.6 is 11.8 Å². The zero-order chi connectivity index (χ0) is 19.4. The molecule has 0 saturated carbocycles. The second-order valence-electron chi connectivity index (χ2n) is 6.28. The van der Waals surface area contributed by atoms with Crippen LogP contribution in [0.1, 0.15) is 34.6 Å². The van der Waals surface area contributed by atoms with Gasteiger partial charge in [0.25, 0.3) is 5.22 Å². The van der Waals surface area contributed by atoms with Crippen molar-refractivity contribution in [2.75, 3.05) is 12.9 Å². The zero-order valence-electron chi connectivity index (χ0n) is 15.7. The van der Waals surface area contributed by atoms with Crippen molar-refractivity contribution >= 4 is 34.6 Å². The van der Waals surface area contributed by atoms with Gasteiger partial charge < -0.3 is 13.7 Å². The van der Waals surface area contributed by atoms with Crippen molar-refractivity contribution in [1.82, 2.24) is 9.55 Å². The second-order valence-corrected chi connectivity index (χ2v) is 7.20. The van der Waals surface area contributed by atoms with Crippen LogP contribution in [0.15, 0.2) is 40.0 Å². The molecule has 0 bridgehead atoms. The lowest BCUT2D eigenvalue weighted by Crippen LogP contribution is -2.08. The molecule has 3 aromatic rings. The number of aryl methyl sites for hydroxylation is 1. The number of ketones is 1. The van der Waals surface area contributed by atoms with E-state index in [1.165, 1.54) is 18.9 Å². The summed E-state index contributed by atoms with van der Waals surface area (Å²) in [5.74, 6) is 0.0808. The number of carbonyl (C=O) groups excluding carboxylic acids is 2. The number of esters is 1. The first-order valence-corrected chi connectivity index (χ1v) is 9.73. The molecule has 0 aliphatic rings. The number of benzene rings is 1. The molecule has 0 aliphatic heterocycles. The van der Waals surface area contributed by atoms with Crippen molar-refractivity contribution in [3.05, 3.63) is 47.3 Å². The van der Waals surface area contributed by atoms with Crippen LogP contribution in [-0.2, 0) is 16.1 Å². The zero-order valence-corrected chi connectivity index (χ0v) is 16.5. The van der Waals surface area contributed by atoms with E-state index in [1.54, 1.807) is 0 Å². The van der Waals surface area contributed by atoms with Crippen molar-refractivity contribution in [2.24, 2.45) is 0 Å². The van der Waals surface area contributed by atoms with Gasteiger partial charge in [-0.25, -0.2) is 4.98 Å². The lowest BCUT2D eigenvalue weighted by atomic mass is 10.2. The summed E-state index contributed by atoms with van der Waals surface area (Å²) in [6, 6.07) is 9.44. The molecule has 0 radical (unpaired) electrons. The van der Waals surface area contributed by atoms with Crippen LogP contribution in [0.25, 0.3) is 11.1 Å². The summed E-state index contributed by atoms with van der Waals surface area (Å²) in [5.41, 5.74) is 4.13. The smallest absolute Gasteiger partial charge is 0.305 e. The number of nitrogens with zero attached hydrogens (tertiary/aromatic N) is 2. The van der Waals surface area contributed by atoms with Gasteiger partial charge in [-0.3, -0.25) is 9.59 Å². The average Bonchev–Trinajstić information content (AvgIpc) is 3.21. The third-order valence-corrected chi connectivity index (χ3v) is 5.29. The predicted octanol–water partition coefficient (Wildman–Crippen LogP) is 4.17. The SMILES string of the molecule is COC(=O)CCCn1c(C)cc(C(=O)CSc2nc3ccccc3o2)c1C. The van der Waals surface area contributed by atoms with Crippen LogP contribution in [0, 0.1) is 13.8 Å². The highest BCUT2D eigenvalue weighted by Crippen LogP contribution is 2.25. The van der Waals surface area contributed by atoms with E-state index in [0.717, 1.165) is 22.5 Å². The Kier molecular flexibility index (Phi) is 6.01. The molecule has 2 heterocycles. The van der Waals surface area contributed by atoms with Crippen LogP contribution in [-0.4, -0.2) is 34.2 Å². The van der Waals surface area contributed by atoms with Gasteiger partial charge in [0.05, 0.1) is 12.9 Å². The lowest BCUT2D eigenvalue weighted by Gasteiger charge is -2.09. The normalized spacial score (nSPS) is 11.1. The van der Waals surface area contributed by atoms with Gasteiger partial charge >= 0.3 is 5.97 Å². The number of hydrogen-bond donors (Lipinski definition) is 0. The largest absolute Gasteiger partial charge is 0.469 e. The molecule has 6 nitrogen and oxygen atoms in total. The maximum Gasteiger partial charge on any atom is 0.305 e. The lowest BCUT2D eigenvalue weighted by molar-refractivity contribution is -0.140. The molecule has 0 unspecified atom stereocenters. The Hall–Kier alpha value is -2.54. The summed E-state index contributed by atoms with van der Waals surface area (Å²) in [7, 11) is 1.39. The Labute approximate surface area is 161 Å². The number of carbonyl (C=O) groups is 2. The van der Waals surface area contributed by atoms with Gasteiger partial charge in [0.2, 0.25) is 0 Å². The first-order chi connectivity index (χ1) is 13.0. The highest BCUT2D eigenvalue weighted by atomic mass is 32.2. The maximum absolute atomic E-state index is 12.7. The van der Waals surface area contributed by atoms with E-state index in [1.807, 2.05) is 44.2 Å². The first-order valence-electron chi connectivity index (χ1n) is 8.74. The predicted molar refractivity (Wildman–Crippen MR) is 104 cm³/mol. The number of ether oxygens (including phenoxy) is 1. The summed E-state index contributed by atoms with van der Waals surface area (Å²) in [4.78, 5) is 28.3. The Balaban J connectivity index is 1.64. The molecule has 0 fully saturated rings. The Morgan fingerprint density at radius 3 is 2.78 bits per heavy atom. The highest BCUT2D eigenvalue weighted by molar-refractivity contribution is 7.99. The molecule has 0 amide bonds. The molecule has 0 atom stereocenters. The minimum absolute atomic E-state index is 0.0366. The van der Waals surface area contributed by atoms with Crippen molar-refractivity contribution in [2.45, 2.75) is 38.5 Å². The fourth-order valence-electron chi connectivity index (χ4n) is 3.03. The molecule has 0 N–H and O–H groups in total. The fourth-order valence-corrected chi connectivity index (χ4v) is 3.75. The monoisotopic (exact) mass is 386 g/mol. The standard InChI is InChI=1S/C20H22N2O4S/c1-13-11-15(14(2)22(13)10-6-9-19(24)25-3)17(23)12-27-20-21-16-7-4-5-8-18(16)26-20/h4-5,7-8,11H,6,9-10,12H2,1-3H3. The quantitative estimate of drug-likeness (QED) is 0.329. The van der Waals surface area contributed by atoms with Gasteiger partial charge in [0, 0.05) is 29.9 Å². The first kappa shape index (κ1) is 19.2. The number of oxazole rings is 1. The van der Waals surface area contributed by atoms with Gasteiger partial charge in [-0.1, -0.05) is 23.9 Å². The number of para-hydroxylation sites is 2. The van der Waals surface area contributed by atoms with E-state index in [4.69, 9.17) is 4.42 Å². The Morgan fingerprint density at radius 2 is 2.04 bits per heavy atom. The van der Waals surface area contributed by atoms with Gasteiger partial charge in [0.1, 0.15) is 5.52 Å². The number of Topliss-reactive ketones (excluding diaryl/α,β-unsaturated/α-hetero) is 1. The van der Waals surface area contributed by atoms with Crippen molar-refractivity contribution < 1.29 is 18.7 Å². The molecular formula is C20H22N2O4S. The third-order valence-electron chi connectivity index (χ3n) is 4.47. The second kappa shape index (κ2) is 8.43. The van der Waals surface area contributed by atoms with Crippen LogP contribution in [0.4, 0.5) is 0 Å². The van der Waals surface area contributed by atoms with Crippen LogP contribution in [0.3, 0.4) is 0 Å². The number of rotatable bonds is 8. The summed E-state index contributed by atoms with van der Waals surface area (Å²) in [5, 5.41) is 0.497. The van der Waals surface area contributed by atoms with Gasteiger partial charge in [-0.05, 0) is 38.5 Å². The number of aromatic nitrogens is 2. The topological polar surface area (TPSA) is 74.3 Å². The molecule has 7 heteroatoms. The average molecular weight is 386 g/mol. The molecule has 142 valence electrons. The van der Waals surface area contributed by atoms with E-state index < -0.39 is 0 Å². The minimum atomic E-state index is -0.219. The summed E-state index contributed by atoms with van der Waals surface area (Å²) < 4.78 is 12.4. The van der Waals surface area contributed by atoms with Crippen LogP contribution < -0.4 is 0 Å². The van der Waals surface area contributed by atoms with E-state index in [0.29, 0.717) is 30.2 Å². The molecule has 3 rings (SSSR count). The van der Waals surface area contributed by atoms with E-state index in [2.05, 4.69) is 14.3 Å². The fraction of sp³-hybridized carbons (Fsp3) is 0.350. The number of methoxy groups -OCH3 is 1. The molecule has 0 spiro atoms. The van der Waals surface area contributed by atoms with E-state index in [9.17, 15) is 9.59 Å². The van der Waals surface area contributed by atoms with Gasteiger partial charge in [0.15, 0.2) is 11.4 Å². The Bertz CT molecular complexity index is 941. The van der Waals surface area contributed by atoms with E-state index in [-0.39, 0.29) is 17.5 Å². The highest BCUT2D eigenvalue weighted by Gasteiger charge is 2.17. The molecule has 0 saturated heterocycles. The van der Waals surface area contributed by atoms with Gasteiger partial charge in [-0.2, -0.15) is 0 Å². The maximum atomic E-state index is 12.7. The summed E-state index contributed by atoms with van der Waals surface area (Å²) in [6.45, 7) is 4.58. The number of hydrogen-bond acceptors (Lipinski definition) is 6.